The van der Waals surface area contributed by atoms with Gasteiger partial charge in [0.05, 0.1) is 0 Å². The molecule has 0 amide bonds. The third-order valence-electron chi connectivity index (χ3n) is 2.56. The third-order valence-corrected chi connectivity index (χ3v) is 2.56. The maximum absolute atomic E-state index is 6.05. The van der Waals surface area contributed by atoms with E-state index in [0.717, 1.165) is 30.5 Å². The first-order chi connectivity index (χ1) is 6.69. The van der Waals surface area contributed by atoms with Crippen LogP contribution in [0, 0.1) is 0 Å². The SMILES string of the molecule is CCCC(N)c1cc(CC)ccc1N. The van der Waals surface area contributed by atoms with Crippen LogP contribution in [0.5, 0.6) is 0 Å². The first-order valence-corrected chi connectivity index (χ1v) is 5.32. The number of hydrogen-bond acceptors (Lipinski definition) is 2. The van der Waals surface area contributed by atoms with Gasteiger partial charge in [-0.3, -0.25) is 0 Å². The van der Waals surface area contributed by atoms with Crippen molar-refractivity contribution in [1.82, 2.24) is 0 Å². The molecule has 0 aliphatic heterocycles. The lowest BCUT2D eigenvalue weighted by atomic mass is 9.98. The molecule has 0 bridgehead atoms. The van der Waals surface area contributed by atoms with E-state index in [4.69, 9.17) is 11.5 Å². The van der Waals surface area contributed by atoms with Gasteiger partial charge in [0.15, 0.2) is 0 Å². The summed E-state index contributed by atoms with van der Waals surface area (Å²) in [4.78, 5) is 0. The van der Waals surface area contributed by atoms with Crippen LogP contribution in [-0.4, -0.2) is 0 Å². The van der Waals surface area contributed by atoms with Crippen molar-refractivity contribution in [2.24, 2.45) is 5.73 Å². The van der Waals surface area contributed by atoms with Gasteiger partial charge < -0.3 is 11.5 Å². The molecule has 1 rings (SSSR count). The van der Waals surface area contributed by atoms with Gasteiger partial charge in [-0.05, 0) is 30.0 Å². The van der Waals surface area contributed by atoms with Crippen LogP contribution >= 0.6 is 0 Å². The molecule has 1 atom stereocenters. The Kier molecular flexibility index (Phi) is 3.96. The van der Waals surface area contributed by atoms with Gasteiger partial charge in [-0.1, -0.05) is 32.4 Å². The fraction of sp³-hybridized carbons (Fsp3) is 0.500. The average Bonchev–Trinajstić information content (AvgIpc) is 2.19. The van der Waals surface area contributed by atoms with Crippen molar-refractivity contribution in [2.75, 3.05) is 5.73 Å². The largest absolute Gasteiger partial charge is 0.398 e. The van der Waals surface area contributed by atoms with Gasteiger partial charge >= 0.3 is 0 Å². The number of aryl methyl sites for hydroxylation is 1. The Balaban J connectivity index is 2.93. The fourth-order valence-corrected chi connectivity index (χ4v) is 1.63. The third kappa shape index (κ3) is 2.48. The van der Waals surface area contributed by atoms with E-state index >= 15 is 0 Å². The summed E-state index contributed by atoms with van der Waals surface area (Å²) < 4.78 is 0. The Hall–Kier alpha value is -1.02. The minimum Gasteiger partial charge on any atom is -0.398 e. The summed E-state index contributed by atoms with van der Waals surface area (Å²) in [6.07, 6.45) is 3.13. The van der Waals surface area contributed by atoms with Crippen molar-refractivity contribution in [3.63, 3.8) is 0 Å². The Morgan fingerprint density at radius 1 is 1.29 bits per heavy atom. The van der Waals surface area contributed by atoms with Gasteiger partial charge in [0.2, 0.25) is 0 Å². The molecule has 0 aromatic heterocycles. The number of anilines is 1. The maximum Gasteiger partial charge on any atom is 0.0362 e. The molecular formula is C12H20N2. The molecule has 0 spiro atoms. The topological polar surface area (TPSA) is 52.0 Å². The molecule has 0 saturated carbocycles. The van der Waals surface area contributed by atoms with Crippen molar-refractivity contribution in [1.29, 1.82) is 0 Å². The number of rotatable bonds is 4. The minimum absolute atomic E-state index is 0.0894. The van der Waals surface area contributed by atoms with E-state index in [1.807, 2.05) is 6.07 Å². The van der Waals surface area contributed by atoms with E-state index in [2.05, 4.69) is 26.0 Å². The summed E-state index contributed by atoms with van der Waals surface area (Å²) in [6.45, 7) is 4.28. The Morgan fingerprint density at radius 2 is 2.00 bits per heavy atom. The highest BCUT2D eigenvalue weighted by molar-refractivity contribution is 5.50. The van der Waals surface area contributed by atoms with Gasteiger partial charge in [0, 0.05) is 11.7 Å². The van der Waals surface area contributed by atoms with Crippen LogP contribution in [0.2, 0.25) is 0 Å². The molecule has 0 aliphatic carbocycles. The molecule has 14 heavy (non-hydrogen) atoms. The molecule has 1 aromatic rings. The summed E-state index contributed by atoms with van der Waals surface area (Å²) in [5.41, 5.74) is 15.2. The van der Waals surface area contributed by atoms with Gasteiger partial charge in [-0.2, -0.15) is 0 Å². The summed E-state index contributed by atoms with van der Waals surface area (Å²) in [5, 5.41) is 0. The number of nitrogen functional groups attached to an aromatic ring is 1. The second-order valence-corrected chi connectivity index (χ2v) is 3.71. The first kappa shape index (κ1) is 11.1. The van der Waals surface area contributed by atoms with E-state index < -0.39 is 0 Å². The quantitative estimate of drug-likeness (QED) is 0.720. The lowest BCUT2D eigenvalue weighted by Crippen LogP contribution is -2.12. The second kappa shape index (κ2) is 5.01. The summed E-state index contributed by atoms with van der Waals surface area (Å²) in [6, 6.07) is 6.25. The fourth-order valence-electron chi connectivity index (χ4n) is 1.63. The summed E-state index contributed by atoms with van der Waals surface area (Å²) >= 11 is 0. The zero-order valence-electron chi connectivity index (χ0n) is 9.09. The maximum atomic E-state index is 6.05. The highest BCUT2D eigenvalue weighted by Crippen LogP contribution is 2.23. The predicted molar refractivity (Wildman–Crippen MR) is 62.1 cm³/mol. The molecule has 0 heterocycles. The van der Waals surface area contributed by atoms with E-state index in [1.54, 1.807) is 0 Å². The highest BCUT2D eigenvalue weighted by atomic mass is 14.7. The first-order valence-electron chi connectivity index (χ1n) is 5.32. The van der Waals surface area contributed by atoms with Crippen LogP contribution in [0.25, 0.3) is 0 Å². The Bertz CT molecular complexity index is 294. The summed E-state index contributed by atoms with van der Waals surface area (Å²) in [5.74, 6) is 0. The van der Waals surface area contributed by atoms with Crippen molar-refractivity contribution < 1.29 is 0 Å². The van der Waals surface area contributed by atoms with Crippen LogP contribution in [0.15, 0.2) is 18.2 Å². The van der Waals surface area contributed by atoms with E-state index in [9.17, 15) is 0 Å². The number of hydrogen-bond donors (Lipinski definition) is 2. The van der Waals surface area contributed by atoms with Gasteiger partial charge in [0.1, 0.15) is 0 Å². The zero-order valence-corrected chi connectivity index (χ0v) is 9.09. The standard InChI is InChI=1S/C12H20N2/c1-3-5-11(13)10-8-9(4-2)6-7-12(10)14/h6-8,11H,3-5,13-14H2,1-2H3. The highest BCUT2D eigenvalue weighted by Gasteiger charge is 2.08. The molecule has 2 nitrogen and oxygen atoms in total. The summed E-state index contributed by atoms with van der Waals surface area (Å²) in [7, 11) is 0. The molecule has 0 fully saturated rings. The van der Waals surface area contributed by atoms with Crippen molar-refractivity contribution in [2.45, 2.75) is 39.2 Å². The van der Waals surface area contributed by atoms with E-state index in [1.165, 1.54) is 5.56 Å². The smallest absolute Gasteiger partial charge is 0.0362 e. The van der Waals surface area contributed by atoms with Gasteiger partial charge in [0.25, 0.3) is 0 Å². The molecule has 0 aliphatic rings. The monoisotopic (exact) mass is 192 g/mol. The van der Waals surface area contributed by atoms with Crippen molar-refractivity contribution in [3.8, 4) is 0 Å². The Labute approximate surface area is 86.3 Å². The molecule has 0 saturated heterocycles. The lowest BCUT2D eigenvalue weighted by molar-refractivity contribution is 0.639. The normalized spacial score (nSPS) is 12.8. The molecule has 0 radical (unpaired) electrons. The second-order valence-electron chi connectivity index (χ2n) is 3.71. The molecule has 78 valence electrons. The minimum atomic E-state index is 0.0894. The number of nitrogens with two attached hydrogens (primary N) is 2. The van der Waals surface area contributed by atoms with Crippen LogP contribution in [0.1, 0.15) is 43.9 Å². The lowest BCUT2D eigenvalue weighted by Gasteiger charge is -2.14. The van der Waals surface area contributed by atoms with Gasteiger partial charge in [-0.15, -0.1) is 0 Å². The average molecular weight is 192 g/mol. The van der Waals surface area contributed by atoms with Crippen LogP contribution in [0.3, 0.4) is 0 Å². The number of benzene rings is 1. The molecule has 2 heteroatoms. The zero-order chi connectivity index (χ0) is 10.6. The van der Waals surface area contributed by atoms with Crippen LogP contribution in [-0.2, 0) is 6.42 Å². The molecule has 1 aromatic carbocycles. The predicted octanol–water partition coefficient (Wildman–Crippen LogP) is 2.63. The molecule has 1 unspecified atom stereocenters. The van der Waals surface area contributed by atoms with Crippen molar-refractivity contribution >= 4 is 5.69 Å². The van der Waals surface area contributed by atoms with Crippen LogP contribution < -0.4 is 11.5 Å². The molecular weight excluding hydrogens is 172 g/mol. The Morgan fingerprint density at radius 3 is 2.57 bits per heavy atom. The van der Waals surface area contributed by atoms with Crippen molar-refractivity contribution in [3.05, 3.63) is 29.3 Å². The van der Waals surface area contributed by atoms with Crippen LogP contribution in [0.4, 0.5) is 5.69 Å². The van der Waals surface area contributed by atoms with E-state index in [-0.39, 0.29) is 6.04 Å². The molecule has 4 N–H and O–H groups in total. The van der Waals surface area contributed by atoms with Gasteiger partial charge in [-0.25, -0.2) is 0 Å². The van der Waals surface area contributed by atoms with E-state index in [0.29, 0.717) is 0 Å².